The molecule has 0 N–H and O–H groups in total. The summed E-state index contributed by atoms with van der Waals surface area (Å²) in [6.45, 7) is 2.20. The van der Waals surface area contributed by atoms with Crippen LogP contribution < -0.4 is 0 Å². The molecule has 3 aromatic heterocycles. The first-order chi connectivity index (χ1) is 21.0. The molecule has 0 atom stereocenters. The molecule has 3 heterocycles. The van der Waals surface area contributed by atoms with E-state index in [1.807, 2.05) is 47.5 Å². The van der Waals surface area contributed by atoms with E-state index in [4.69, 9.17) is 4.98 Å². The van der Waals surface area contributed by atoms with E-state index < -0.39 is 0 Å². The van der Waals surface area contributed by atoms with Crippen molar-refractivity contribution in [3.63, 3.8) is 0 Å². The molecule has 5 nitrogen and oxygen atoms in total. The summed E-state index contributed by atoms with van der Waals surface area (Å²) < 4.78 is 2.35. The molecule has 0 saturated heterocycles. The van der Waals surface area contributed by atoms with Crippen LogP contribution in [0.2, 0.25) is 0 Å². The van der Waals surface area contributed by atoms with E-state index in [2.05, 4.69) is 92.4 Å². The zero-order valence-corrected chi connectivity index (χ0v) is 30.7. The van der Waals surface area contributed by atoms with Crippen LogP contribution in [0.1, 0.15) is 40.7 Å². The molecular weight excluding hydrogens is 838 g/mol. The summed E-state index contributed by atoms with van der Waals surface area (Å²) in [5.41, 5.74) is 4.46. The number of thioether (sulfide) groups is 2. The van der Waals surface area contributed by atoms with Gasteiger partial charge < -0.3 is 0 Å². The Morgan fingerprint density at radius 3 is 2.33 bits per heavy atom. The number of rotatable bonds is 11. The van der Waals surface area contributed by atoms with Gasteiger partial charge in [-0.05, 0) is 105 Å². The number of hydrogen-bond donors (Lipinski definition) is 0. The molecule has 0 spiro atoms. The first-order valence-corrected chi connectivity index (χ1v) is 19.2. The van der Waals surface area contributed by atoms with Gasteiger partial charge in [0.25, 0.3) is 0 Å². The van der Waals surface area contributed by atoms with Gasteiger partial charge in [0.05, 0.1) is 5.56 Å². The number of pyridine rings is 1. The van der Waals surface area contributed by atoms with Crippen LogP contribution in [0.15, 0.2) is 88.9 Å². The minimum absolute atomic E-state index is 0.0476. The van der Waals surface area contributed by atoms with Crippen molar-refractivity contribution in [3.8, 4) is 27.9 Å². The van der Waals surface area contributed by atoms with Crippen molar-refractivity contribution >= 4 is 103 Å². The molecule has 0 aliphatic heterocycles. The van der Waals surface area contributed by atoms with E-state index in [0.717, 1.165) is 43.3 Å². The maximum atomic E-state index is 11.6. The molecule has 0 aliphatic rings. The Balaban J connectivity index is 0.000000225. The molecule has 43 heavy (non-hydrogen) atoms. The average Bonchev–Trinajstić information content (AvgIpc) is 3.77. The van der Waals surface area contributed by atoms with E-state index >= 15 is 0 Å². The summed E-state index contributed by atoms with van der Waals surface area (Å²) in [7, 11) is 0. The Morgan fingerprint density at radius 1 is 1.00 bits per heavy atom. The molecule has 0 amide bonds. The Morgan fingerprint density at radius 2 is 1.70 bits per heavy atom. The largest absolute Gasteiger partial charge is 0.287 e. The number of thiazole rings is 2. The second-order valence-corrected chi connectivity index (χ2v) is 15.5. The highest BCUT2D eigenvalue weighted by atomic mass is 127. The fourth-order valence-corrected chi connectivity index (χ4v) is 7.70. The first kappa shape index (κ1) is 33.8. The van der Waals surface area contributed by atoms with Gasteiger partial charge in [-0.2, -0.15) is 17.0 Å². The van der Waals surface area contributed by atoms with Gasteiger partial charge in [-0.25, -0.2) is 15.0 Å². The zero-order chi connectivity index (χ0) is 30.4. The molecule has 0 saturated carbocycles. The number of ketones is 1. The summed E-state index contributed by atoms with van der Waals surface area (Å²) >= 11 is 11.0. The number of carbonyl (C=O) groups excluding carboxylic acids is 1. The van der Waals surface area contributed by atoms with Crippen LogP contribution in [0.5, 0.6) is 0 Å². The van der Waals surface area contributed by atoms with Gasteiger partial charge in [-0.1, -0.05) is 55.4 Å². The summed E-state index contributed by atoms with van der Waals surface area (Å²) in [6.07, 6.45) is 9.21. The third-order valence-corrected chi connectivity index (χ3v) is 11.1. The predicted octanol–water partition coefficient (Wildman–Crippen LogP) is 10.6. The maximum absolute atomic E-state index is 11.6. The van der Waals surface area contributed by atoms with Gasteiger partial charge in [-0.3, -0.25) is 4.79 Å². The molecule has 0 unspecified atom stereocenters. The van der Waals surface area contributed by atoms with Gasteiger partial charge in [0.15, 0.2) is 5.01 Å². The molecule has 2 aromatic carbocycles. The van der Waals surface area contributed by atoms with Crippen LogP contribution in [0.3, 0.4) is 0 Å². The fourth-order valence-electron chi connectivity index (χ4n) is 3.62. The lowest BCUT2D eigenvalue weighted by Crippen LogP contribution is -1.96. The smallest absolute Gasteiger partial charge is 0.214 e. The van der Waals surface area contributed by atoms with Crippen molar-refractivity contribution in [3.05, 3.63) is 107 Å². The predicted molar refractivity (Wildman–Crippen MR) is 201 cm³/mol. The second-order valence-electron chi connectivity index (χ2n) is 8.80. The van der Waals surface area contributed by atoms with E-state index in [0.29, 0.717) is 10.6 Å². The summed E-state index contributed by atoms with van der Waals surface area (Å²) in [6, 6.07) is 20.6. The maximum Gasteiger partial charge on any atom is 0.214 e. The molecule has 5 rings (SSSR count). The van der Waals surface area contributed by atoms with Crippen LogP contribution in [-0.4, -0.2) is 31.6 Å². The number of carbonyl (C=O) groups is 1. The van der Waals surface area contributed by atoms with Crippen LogP contribution in [0.25, 0.3) is 27.9 Å². The number of hydrogen-bond acceptors (Lipinski definition) is 9. The lowest BCUT2D eigenvalue weighted by Gasteiger charge is -2.11. The van der Waals surface area contributed by atoms with Crippen molar-refractivity contribution in [2.45, 2.75) is 24.8 Å². The fraction of sp³-hybridized carbons (Fsp3) is 0.156. The molecule has 11 heteroatoms. The van der Waals surface area contributed by atoms with Gasteiger partial charge in [0.1, 0.15) is 21.8 Å². The van der Waals surface area contributed by atoms with Crippen molar-refractivity contribution < 1.29 is 4.79 Å². The van der Waals surface area contributed by atoms with Crippen molar-refractivity contribution in [2.24, 2.45) is 0 Å². The highest BCUT2D eigenvalue weighted by molar-refractivity contribution is 14.1. The average molecular weight is 865 g/mol. The van der Waals surface area contributed by atoms with Gasteiger partial charge in [-0.15, -0.1) is 22.7 Å². The van der Waals surface area contributed by atoms with Gasteiger partial charge in [0, 0.05) is 40.9 Å². The zero-order valence-electron chi connectivity index (χ0n) is 23.1. The summed E-state index contributed by atoms with van der Waals surface area (Å²) in [4.78, 5) is 24.8. The van der Waals surface area contributed by atoms with E-state index in [1.54, 1.807) is 53.0 Å². The summed E-state index contributed by atoms with van der Waals surface area (Å²) in [5, 5.41) is 16.7. The molecule has 0 radical (unpaired) electrons. The third-order valence-electron chi connectivity index (χ3n) is 5.77. The minimum atomic E-state index is -0.0476. The number of unbranched alkanes of at least 4 members (excludes halogenated alkanes) is 1. The monoisotopic (exact) mass is 864 g/mol. The van der Waals surface area contributed by atoms with Crippen molar-refractivity contribution in [1.29, 1.82) is 5.26 Å². The lowest BCUT2D eigenvalue weighted by atomic mass is 10.0. The highest BCUT2D eigenvalue weighted by Crippen LogP contribution is 2.36. The molecule has 0 aliphatic carbocycles. The Labute approximate surface area is 296 Å². The molecule has 218 valence electrons. The topological polar surface area (TPSA) is 79.5 Å². The molecular formula is C32H26I2N4OS4. The highest BCUT2D eigenvalue weighted by Gasteiger charge is 2.17. The number of allylic oxidation sites excluding steroid dienone is 1. The molecule has 5 aromatic rings. The van der Waals surface area contributed by atoms with E-state index in [-0.39, 0.29) is 5.78 Å². The summed E-state index contributed by atoms with van der Waals surface area (Å²) in [5.74, 6) is 1.09. The second kappa shape index (κ2) is 18.0. The first-order valence-electron chi connectivity index (χ1n) is 13.2. The van der Waals surface area contributed by atoms with Gasteiger partial charge >= 0.3 is 0 Å². The quantitative estimate of drug-likeness (QED) is 0.0327. The number of aromatic nitrogens is 3. The third kappa shape index (κ3) is 10.5. The Hall–Kier alpha value is -2.09. The van der Waals surface area contributed by atoms with E-state index in [1.165, 1.54) is 31.3 Å². The Kier molecular flexibility index (Phi) is 14.2. The van der Waals surface area contributed by atoms with Crippen LogP contribution in [0.4, 0.5) is 0 Å². The molecule has 0 fully saturated rings. The Bertz CT molecular complexity index is 1670. The number of halogens is 2. The van der Waals surface area contributed by atoms with E-state index in [9.17, 15) is 10.1 Å². The normalized spacial score (nSPS) is 10.7. The van der Waals surface area contributed by atoms with Crippen molar-refractivity contribution in [1.82, 2.24) is 15.0 Å². The minimum Gasteiger partial charge on any atom is -0.287 e. The number of benzene rings is 2. The van der Waals surface area contributed by atoms with Crippen LogP contribution in [-0.2, 0) is 0 Å². The number of nitriles is 1. The van der Waals surface area contributed by atoms with Crippen LogP contribution in [0, 0.1) is 18.5 Å². The van der Waals surface area contributed by atoms with Crippen LogP contribution >= 0.6 is 91.4 Å². The lowest BCUT2D eigenvalue weighted by molar-refractivity contribution is 0.104. The van der Waals surface area contributed by atoms with Crippen molar-refractivity contribution in [2.75, 3.05) is 10.8 Å². The SMILES string of the molecule is CCCCSCSc1nc(-c2nccs2)cc(-c2ccc(I)cc2)c1C#N.O=C(/C=C/c1ccc(I)cc1)c1nccs1. The van der Waals surface area contributed by atoms with Gasteiger partial charge in [0.2, 0.25) is 5.78 Å². The molecule has 0 bridgehead atoms. The number of nitrogens with zero attached hydrogens (tertiary/aromatic N) is 4. The standard InChI is InChI=1S/C20H18IN3S3.C12H8INOS/c1-2-3-9-25-13-27-19-17(12-22)16(14-4-6-15(21)7-5-14)11-18(24-19)20-23-8-10-26-20;13-10-4-1-9(2-5-10)3-6-11(15)12-14-7-8-16-12/h4-8,10-11H,2-3,9,13H2,1H3;1-8H/b;6-3+.